The van der Waals surface area contributed by atoms with Crippen LogP contribution >= 0.6 is 0 Å². The molecule has 2 aliphatic carbocycles. The molecule has 0 bridgehead atoms. The quantitative estimate of drug-likeness (QED) is 0.546. The van der Waals surface area contributed by atoms with E-state index in [1.165, 1.54) is 5.57 Å². The molecular weight excluding hydrogens is 144 g/mol. The molecule has 0 aliphatic heterocycles. The van der Waals surface area contributed by atoms with E-state index in [0.29, 0.717) is 5.92 Å². The summed E-state index contributed by atoms with van der Waals surface area (Å²) in [5.41, 5.74) is 2.50. The van der Waals surface area contributed by atoms with Gasteiger partial charge in [-0.3, -0.25) is 0 Å². The summed E-state index contributed by atoms with van der Waals surface area (Å²) >= 11 is 0. The van der Waals surface area contributed by atoms with Gasteiger partial charge in [-0.05, 0) is 18.1 Å². The van der Waals surface area contributed by atoms with Crippen LogP contribution < -0.4 is 0 Å². The predicted molar refractivity (Wildman–Crippen MR) is 51.4 cm³/mol. The molecule has 12 heavy (non-hydrogen) atoms. The zero-order valence-corrected chi connectivity index (χ0v) is 6.96. The SMILES string of the molecule is C=C1[C]=CC=CC1C1=CC=CC1. The van der Waals surface area contributed by atoms with E-state index in [4.69, 9.17) is 0 Å². The van der Waals surface area contributed by atoms with Crippen LogP contribution in [0.4, 0.5) is 0 Å². The number of hydrogen-bond acceptors (Lipinski definition) is 0. The molecule has 1 atom stereocenters. The minimum Gasteiger partial charge on any atom is -0.0943 e. The highest BCUT2D eigenvalue weighted by molar-refractivity contribution is 5.39. The van der Waals surface area contributed by atoms with Crippen LogP contribution in [0.5, 0.6) is 0 Å². The summed E-state index contributed by atoms with van der Waals surface area (Å²) in [7, 11) is 0. The lowest BCUT2D eigenvalue weighted by Gasteiger charge is -2.16. The summed E-state index contributed by atoms with van der Waals surface area (Å²) < 4.78 is 0. The van der Waals surface area contributed by atoms with E-state index < -0.39 is 0 Å². The van der Waals surface area contributed by atoms with E-state index in [0.717, 1.165) is 12.0 Å². The Bertz CT molecular complexity index is 311. The summed E-state index contributed by atoms with van der Waals surface area (Å²) in [5, 5.41) is 0. The van der Waals surface area contributed by atoms with E-state index >= 15 is 0 Å². The van der Waals surface area contributed by atoms with Gasteiger partial charge in [-0.1, -0.05) is 48.6 Å². The van der Waals surface area contributed by atoms with Crippen molar-refractivity contribution in [1.29, 1.82) is 0 Å². The molecule has 0 fully saturated rings. The van der Waals surface area contributed by atoms with Crippen LogP contribution in [-0.4, -0.2) is 0 Å². The third-order valence-corrected chi connectivity index (χ3v) is 2.24. The highest BCUT2D eigenvalue weighted by atomic mass is 14.2. The van der Waals surface area contributed by atoms with Crippen LogP contribution in [0, 0.1) is 12.0 Å². The molecule has 0 heteroatoms. The summed E-state index contributed by atoms with van der Waals surface area (Å²) in [6.07, 6.45) is 16.8. The Kier molecular flexibility index (Phi) is 1.83. The van der Waals surface area contributed by atoms with Gasteiger partial charge in [0, 0.05) is 5.92 Å². The van der Waals surface area contributed by atoms with Crippen LogP contribution in [0.1, 0.15) is 6.42 Å². The smallest absolute Gasteiger partial charge is 0.0237 e. The molecule has 0 nitrogen and oxygen atoms in total. The maximum absolute atomic E-state index is 3.98. The summed E-state index contributed by atoms with van der Waals surface area (Å²) in [6.45, 7) is 3.98. The molecule has 0 saturated carbocycles. The zero-order chi connectivity index (χ0) is 8.39. The lowest BCUT2D eigenvalue weighted by Crippen LogP contribution is -2.03. The minimum atomic E-state index is 0.394. The van der Waals surface area contributed by atoms with Crippen LogP contribution in [0.2, 0.25) is 0 Å². The summed E-state index contributed by atoms with van der Waals surface area (Å²) in [4.78, 5) is 0. The fraction of sp³-hybridized carbons (Fsp3) is 0.167. The van der Waals surface area contributed by atoms with Crippen molar-refractivity contribution in [3.05, 3.63) is 60.3 Å². The van der Waals surface area contributed by atoms with Gasteiger partial charge in [0.25, 0.3) is 0 Å². The van der Waals surface area contributed by atoms with Gasteiger partial charge in [-0.2, -0.15) is 0 Å². The van der Waals surface area contributed by atoms with E-state index in [2.05, 4.69) is 37.0 Å². The molecule has 0 amide bonds. The van der Waals surface area contributed by atoms with E-state index in [1.807, 2.05) is 12.2 Å². The third-order valence-electron chi connectivity index (χ3n) is 2.24. The Morgan fingerprint density at radius 3 is 3.00 bits per heavy atom. The molecule has 2 rings (SSSR count). The van der Waals surface area contributed by atoms with Gasteiger partial charge in [-0.25, -0.2) is 0 Å². The Morgan fingerprint density at radius 1 is 1.42 bits per heavy atom. The molecule has 0 aromatic carbocycles. The van der Waals surface area contributed by atoms with Crippen molar-refractivity contribution in [3.63, 3.8) is 0 Å². The second-order valence-electron chi connectivity index (χ2n) is 3.07. The number of hydrogen-bond donors (Lipinski definition) is 0. The molecular formula is C12H11. The van der Waals surface area contributed by atoms with E-state index in [9.17, 15) is 0 Å². The number of rotatable bonds is 1. The fourth-order valence-corrected chi connectivity index (χ4v) is 1.57. The van der Waals surface area contributed by atoms with E-state index in [1.54, 1.807) is 0 Å². The Balaban J connectivity index is 2.19. The van der Waals surface area contributed by atoms with Crippen molar-refractivity contribution >= 4 is 0 Å². The van der Waals surface area contributed by atoms with Crippen LogP contribution in [0.15, 0.2) is 54.2 Å². The van der Waals surface area contributed by atoms with Gasteiger partial charge in [0.1, 0.15) is 0 Å². The maximum atomic E-state index is 3.98. The third kappa shape index (κ3) is 1.20. The van der Waals surface area contributed by atoms with E-state index in [-0.39, 0.29) is 0 Å². The predicted octanol–water partition coefficient (Wildman–Crippen LogP) is 2.97. The Labute approximate surface area is 73.3 Å². The molecule has 0 N–H and O–H groups in total. The molecule has 0 heterocycles. The average Bonchev–Trinajstić information content (AvgIpc) is 2.57. The Hall–Kier alpha value is -1.30. The summed E-state index contributed by atoms with van der Waals surface area (Å²) in [5.74, 6) is 0.394. The Morgan fingerprint density at radius 2 is 2.33 bits per heavy atom. The van der Waals surface area contributed by atoms with Crippen molar-refractivity contribution in [2.45, 2.75) is 6.42 Å². The lowest BCUT2D eigenvalue weighted by molar-refractivity contribution is 0.883. The van der Waals surface area contributed by atoms with Crippen molar-refractivity contribution in [3.8, 4) is 0 Å². The van der Waals surface area contributed by atoms with Crippen molar-refractivity contribution < 1.29 is 0 Å². The van der Waals surface area contributed by atoms with Gasteiger partial charge in [0.2, 0.25) is 0 Å². The van der Waals surface area contributed by atoms with Crippen LogP contribution in [-0.2, 0) is 0 Å². The molecule has 1 unspecified atom stereocenters. The standard InChI is InChI=1S/C12H11/c1-10-6-2-5-9-12(10)11-7-3-4-8-11/h2-5,7,9,12H,1,8H2. The first kappa shape index (κ1) is 7.35. The van der Waals surface area contributed by atoms with Crippen LogP contribution in [0.25, 0.3) is 0 Å². The molecule has 0 aromatic rings. The topological polar surface area (TPSA) is 0 Å². The molecule has 2 aliphatic rings. The second kappa shape index (κ2) is 2.98. The number of allylic oxidation sites excluding steroid dienone is 9. The average molecular weight is 155 g/mol. The highest BCUT2D eigenvalue weighted by Gasteiger charge is 2.15. The van der Waals surface area contributed by atoms with Crippen LogP contribution in [0.3, 0.4) is 0 Å². The first-order valence-electron chi connectivity index (χ1n) is 4.19. The molecule has 0 saturated heterocycles. The normalized spacial score (nSPS) is 26.5. The van der Waals surface area contributed by atoms with Gasteiger partial charge >= 0.3 is 0 Å². The fourth-order valence-electron chi connectivity index (χ4n) is 1.57. The van der Waals surface area contributed by atoms with Gasteiger partial charge in [0.05, 0.1) is 0 Å². The zero-order valence-electron chi connectivity index (χ0n) is 6.96. The van der Waals surface area contributed by atoms with Gasteiger partial charge in [-0.15, -0.1) is 0 Å². The molecule has 0 spiro atoms. The first-order chi connectivity index (χ1) is 5.88. The lowest BCUT2D eigenvalue weighted by atomic mass is 9.88. The van der Waals surface area contributed by atoms with Crippen molar-refractivity contribution in [2.24, 2.45) is 5.92 Å². The minimum absolute atomic E-state index is 0.394. The van der Waals surface area contributed by atoms with Crippen molar-refractivity contribution in [2.75, 3.05) is 0 Å². The van der Waals surface area contributed by atoms with Crippen molar-refractivity contribution in [1.82, 2.24) is 0 Å². The largest absolute Gasteiger partial charge is 0.0943 e. The maximum Gasteiger partial charge on any atom is 0.0237 e. The monoisotopic (exact) mass is 155 g/mol. The second-order valence-corrected chi connectivity index (χ2v) is 3.07. The van der Waals surface area contributed by atoms with Gasteiger partial charge in [0.15, 0.2) is 0 Å². The first-order valence-corrected chi connectivity index (χ1v) is 4.19. The summed E-state index contributed by atoms with van der Waals surface area (Å²) in [6, 6.07) is 0. The molecule has 1 radical (unpaired) electrons. The van der Waals surface area contributed by atoms with Gasteiger partial charge < -0.3 is 0 Å². The highest BCUT2D eigenvalue weighted by Crippen LogP contribution is 2.29. The molecule has 0 aromatic heterocycles. The molecule has 59 valence electrons.